The Labute approximate surface area is 180 Å². The van der Waals surface area contributed by atoms with Gasteiger partial charge in [-0.05, 0) is 26.3 Å². The number of anilines is 1. The van der Waals surface area contributed by atoms with Gasteiger partial charge in [0.1, 0.15) is 17.5 Å². The molecule has 0 aliphatic carbocycles. The summed E-state index contributed by atoms with van der Waals surface area (Å²) in [6.07, 6.45) is 0.296. The van der Waals surface area contributed by atoms with Gasteiger partial charge < -0.3 is 9.73 Å². The zero-order valence-electron chi connectivity index (χ0n) is 17.8. The fourth-order valence-electron chi connectivity index (χ4n) is 3.72. The number of aromatic nitrogens is 4. The fourth-order valence-corrected chi connectivity index (χ4v) is 3.72. The largest absolute Gasteiger partial charge is 0.403 e. The van der Waals surface area contributed by atoms with E-state index >= 15 is 0 Å². The zero-order valence-corrected chi connectivity index (χ0v) is 17.8. The normalized spacial score (nSPS) is 12.5. The summed E-state index contributed by atoms with van der Waals surface area (Å²) in [7, 11) is 1.73. The topological polar surface area (TPSA) is 85.8 Å². The van der Waals surface area contributed by atoms with Crippen molar-refractivity contribution in [3.05, 3.63) is 69.3 Å². The number of aryl methyl sites for hydroxylation is 3. The van der Waals surface area contributed by atoms with E-state index in [-0.39, 0.29) is 11.3 Å². The van der Waals surface area contributed by atoms with Crippen molar-refractivity contribution in [2.24, 2.45) is 7.05 Å². The quantitative estimate of drug-likeness (QED) is 0.475. The lowest BCUT2D eigenvalue weighted by Crippen LogP contribution is -2.14. The highest BCUT2D eigenvalue weighted by atomic mass is 19.3. The number of benzene rings is 1. The van der Waals surface area contributed by atoms with Crippen molar-refractivity contribution in [3.8, 4) is 11.1 Å². The molecule has 0 bridgehead atoms. The monoisotopic (exact) mass is 443 g/mol. The molecule has 0 aliphatic rings. The van der Waals surface area contributed by atoms with Crippen LogP contribution in [0.4, 0.5) is 19.0 Å². The molecule has 0 aliphatic heterocycles. The standard InChI is InChI=1S/C22H20F3N5O2/c1-10-16(13-8-26-30(4)9-13)22(31)32-21-17(10)20(28-12(3)29-21)27-11(2)14-6-5-7-15(18(14)23)19(24)25/h5-9,11,19H,1-4H3,(H,27,28,29)/t11-/m1/s1. The van der Waals surface area contributed by atoms with E-state index in [0.29, 0.717) is 33.7 Å². The second-order valence-electron chi connectivity index (χ2n) is 7.51. The van der Waals surface area contributed by atoms with Crippen molar-refractivity contribution in [1.82, 2.24) is 19.7 Å². The predicted molar refractivity (Wildman–Crippen MR) is 113 cm³/mol. The van der Waals surface area contributed by atoms with Gasteiger partial charge in [0.05, 0.1) is 28.8 Å². The molecule has 0 fully saturated rings. The lowest BCUT2D eigenvalue weighted by atomic mass is 10.0. The maximum atomic E-state index is 14.7. The smallest absolute Gasteiger partial charge is 0.345 e. The molecule has 4 aromatic rings. The molecule has 0 spiro atoms. The minimum Gasteiger partial charge on any atom is -0.403 e. The third-order valence-electron chi connectivity index (χ3n) is 5.24. The second kappa shape index (κ2) is 8.10. The van der Waals surface area contributed by atoms with E-state index in [2.05, 4.69) is 20.4 Å². The Bertz CT molecular complexity index is 1380. The molecular weight excluding hydrogens is 423 g/mol. The number of hydrogen-bond donors (Lipinski definition) is 1. The van der Waals surface area contributed by atoms with Gasteiger partial charge in [-0.15, -0.1) is 0 Å². The molecule has 3 heterocycles. The first kappa shape index (κ1) is 21.5. The minimum atomic E-state index is -2.93. The minimum absolute atomic E-state index is 0.0646. The Morgan fingerprint density at radius 3 is 2.53 bits per heavy atom. The van der Waals surface area contributed by atoms with Crippen molar-refractivity contribution in [2.45, 2.75) is 33.2 Å². The van der Waals surface area contributed by atoms with Crippen LogP contribution in [0.1, 0.15) is 41.9 Å². The summed E-state index contributed by atoms with van der Waals surface area (Å²) in [5.41, 5.74) is 0.326. The summed E-state index contributed by atoms with van der Waals surface area (Å²) in [5, 5.41) is 7.61. The number of halogens is 3. The first-order valence-electron chi connectivity index (χ1n) is 9.81. The summed E-state index contributed by atoms with van der Waals surface area (Å²) in [6, 6.07) is 3.16. The number of fused-ring (bicyclic) bond motifs is 1. The van der Waals surface area contributed by atoms with Crippen LogP contribution in [0.3, 0.4) is 0 Å². The lowest BCUT2D eigenvalue weighted by Gasteiger charge is -2.19. The maximum absolute atomic E-state index is 14.7. The van der Waals surface area contributed by atoms with Crippen LogP contribution < -0.4 is 10.9 Å². The average molecular weight is 443 g/mol. The fraction of sp³-hybridized carbons (Fsp3) is 0.273. The van der Waals surface area contributed by atoms with E-state index in [1.165, 1.54) is 12.1 Å². The van der Waals surface area contributed by atoms with E-state index in [1.807, 2.05) is 0 Å². The highest BCUT2D eigenvalue weighted by Crippen LogP contribution is 2.33. The number of nitrogens with one attached hydrogen (secondary N) is 1. The molecule has 166 valence electrons. The maximum Gasteiger partial charge on any atom is 0.345 e. The number of rotatable bonds is 5. The van der Waals surface area contributed by atoms with Gasteiger partial charge in [0.2, 0.25) is 5.71 Å². The summed E-state index contributed by atoms with van der Waals surface area (Å²) < 4.78 is 47.9. The number of hydrogen-bond acceptors (Lipinski definition) is 6. The number of nitrogens with zero attached hydrogens (tertiary/aromatic N) is 4. The predicted octanol–water partition coefficient (Wildman–Crippen LogP) is 4.85. The SMILES string of the molecule is Cc1nc(N[C@H](C)c2cccc(C(F)F)c2F)c2c(C)c(-c3cnn(C)c3)c(=O)oc2n1. The molecule has 7 nitrogen and oxygen atoms in total. The highest BCUT2D eigenvalue weighted by Gasteiger charge is 2.23. The van der Waals surface area contributed by atoms with Crippen molar-refractivity contribution in [3.63, 3.8) is 0 Å². The molecule has 0 radical (unpaired) electrons. The van der Waals surface area contributed by atoms with Crippen molar-refractivity contribution >= 4 is 16.9 Å². The van der Waals surface area contributed by atoms with Crippen LogP contribution in [-0.4, -0.2) is 19.7 Å². The van der Waals surface area contributed by atoms with Crippen molar-refractivity contribution in [2.75, 3.05) is 5.32 Å². The summed E-state index contributed by atoms with van der Waals surface area (Å²) >= 11 is 0. The Morgan fingerprint density at radius 1 is 1.16 bits per heavy atom. The van der Waals surface area contributed by atoms with Gasteiger partial charge in [0.25, 0.3) is 6.43 Å². The molecular formula is C22H20F3N5O2. The summed E-state index contributed by atoms with van der Waals surface area (Å²) in [6.45, 7) is 4.99. The second-order valence-corrected chi connectivity index (χ2v) is 7.51. The van der Waals surface area contributed by atoms with Crippen LogP contribution in [0.25, 0.3) is 22.2 Å². The third kappa shape index (κ3) is 3.72. The molecule has 4 rings (SSSR count). The number of alkyl halides is 2. The van der Waals surface area contributed by atoms with Gasteiger partial charge in [-0.3, -0.25) is 4.68 Å². The molecule has 1 N–H and O–H groups in total. The molecule has 0 amide bonds. The zero-order chi connectivity index (χ0) is 23.2. The van der Waals surface area contributed by atoms with Crippen LogP contribution in [0.5, 0.6) is 0 Å². The first-order valence-corrected chi connectivity index (χ1v) is 9.81. The van der Waals surface area contributed by atoms with Crippen LogP contribution in [-0.2, 0) is 7.05 Å². The summed E-state index contributed by atoms with van der Waals surface area (Å²) in [4.78, 5) is 21.3. The van der Waals surface area contributed by atoms with E-state index < -0.39 is 29.5 Å². The Kier molecular flexibility index (Phi) is 5.45. The van der Waals surface area contributed by atoms with Crippen molar-refractivity contribution in [1.29, 1.82) is 0 Å². The Hall–Kier alpha value is -3.69. The van der Waals surface area contributed by atoms with Crippen LogP contribution >= 0.6 is 0 Å². The first-order chi connectivity index (χ1) is 15.2. The van der Waals surface area contributed by atoms with Gasteiger partial charge >= 0.3 is 5.63 Å². The lowest BCUT2D eigenvalue weighted by molar-refractivity contribution is 0.146. The van der Waals surface area contributed by atoms with Gasteiger partial charge in [-0.2, -0.15) is 10.1 Å². The van der Waals surface area contributed by atoms with E-state index in [9.17, 15) is 18.0 Å². The molecule has 1 aromatic carbocycles. The Balaban J connectivity index is 1.86. The Morgan fingerprint density at radius 2 is 1.88 bits per heavy atom. The molecule has 0 saturated carbocycles. The van der Waals surface area contributed by atoms with Gasteiger partial charge in [0, 0.05) is 24.4 Å². The van der Waals surface area contributed by atoms with Crippen molar-refractivity contribution < 1.29 is 17.6 Å². The molecule has 1 atom stereocenters. The average Bonchev–Trinajstić information content (AvgIpc) is 3.12. The van der Waals surface area contributed by atoms with E-state index in [4.69, 9.17) is 4.42 Å². The van der Waals surface area contributed by atoms with Crippen LogP contribution in [0.15, 0.2) is 39.8 Å². The molecule has 0 saturated heterocycles. The third-order valence-corrected chi connectivity index (χ3v) is 5.24. The highest BCUT2D eigenvalue weighted by molar-refractivity contribution is 5.92. The van der Waals surface area contributed by atoms with Gasteiger partial charge in [-0.25, -0.2) is 22.9 Å². The molecule has 0 unspecified atom stereocenters. The van der Waals surface area contributed by atoms with Gasteiger partial charge in [0.15, 0.2) is 0 Å². The van der Waals surface area contributed by atoms with Crippen LogP contribution in [0, 0.1) is 19.7 Å². The molecule has 10 heteroatoms. The molecule has 32 heavy (non-hydrogen) atoms. The van der Waals surface area contributed by atoms with Crippen LogP contribution in [0.2, 0.25) is 0 Å². The molecule has 3 aromatic heterocycles. The van der Waals surface area contributed by atoms with E-state index in [0.717, 1.165) is 6.07 Å². The van der Waals surface area contributed by atoms with E-state index in [1.54, 1.807) is 44.9 Å². The van der Waals surface area contributed by atoms with Gasteiger partial charge in [-0.1, -0.05) is 18.2 Å². The summed E-state index contributed by atoms with van der Waals surface area (Å²) in [5.74, 6) is -0.351.